The zero-order chi connectivity index (χ0) is 25.4. The molecule has 0 bridgehead atoms. The maximum absolute atomic E-state index is 14.4. The molecule has 2 aromatic heterocycles. The minimum atomic E-state index is -0.606. The molecule has 0 spiro atoms. The smallest absolute Gasteiger partial charge is 0.326 e. The number of ether oxygens (including phenoxy) is 1. The number of nitrogens with zero attached hydrogens (tertiary/aromatic N) is 2. The van der Waals surface area contributed by atoms with Crippen LogP contribution in [-0.4, -0.2) is 27.5 Å². The summed E-state index contributed by atoms with van der Waals surface area (Å²) in [5.74, 6) is -1.39. The molecule has 7 heteroatoms. The van der Waals surface area contributed by atoms with Gasteiger partial charge in [-0.25, -0.2) is 4.39 Å². The van der Waals surface area contributed by atoms with Crippen molar-refractivity contribution < 1.29 is 18.7 Å². The van der Waals surface area contributed by atoms with Crippen LogP contribution < -0.4 is 5.43 Å². The van der Waals surface area contributed by atoms with E-state index >= 15 is 0 Å². The highest BCUT2D eigenvalue weighted by Gasteiger charge is 2.20. The van der Waals surface area contributed by atoms with Crippen LogP contribution in [0.5, 0.6) is 0 Å². The minimum Gasteiger partial charge on any atom is -0.456 e. The molecular weight excluding hydrogens is 459 g/mol. The van der Waals surface area contributed by atoms with Crippen molar-refractivity contribution in [3.63, 3.8) is 0 Å². The van der Waals surface area contributed by atoms with Crippen LogP contribution in [0.3, 0.4) is 0 Å². The fourth-order valence-corrected chi connectivity index (χ4v) is 4.69. The highest BCUT2D eigenvalue weighted by Crippen LogP contribution is 2.23. The molecule has 0 fully saturated rings. The summed E-state index contributed by atoms with van der Waals surface area (Å²) < 4.78 is 23.1. The van der Waals surface area contributed by atoms with Crippen molar-refractivity contribution >= 4 is 33.6 Å². The van der Waals surface area contributed by atoms with Crippen LogP contribution in [0.2, 0.25) is 0 Å². The van der Waals surface area contributed by atoms with Crippen molar-refractivity contribution in [2.45, 2.75) is 20.4 Å². The van der Waals surface area contributed by atoms with Gasteiger partial charge in [0.25, 0.3) is 0 Å². The van der Waals surface area contributed by atoms with Gasteiger partial charge in [0, 0.05) is 27.7 Å². The molecule has 0 aliphatic heterocycles. The van der Waals surface area contributed by atoms with Gasteiger partial charge in [0.1, 0.15) is 12.4 Å². The van der Waals surface area contributed by atoms with Gasteiger partial charge in [-0.1, -0.05) is 36.4 Å². The standard InChI is InChI=1S/C29H23FN2O4/c1-18-15-22(19(2)32(18)26-14-8-5-11-23(26)30)27(33)17-36-28(34)16-31-24-12-6-3-9-20(24)29(35)21-10-4-7-13-25(21)31/h3-15H,16-17H2,1-2H3. The van der Waals surface area contributed by atoms with Crippen molar-refractivity contribution in [1.29, 1.82) is 0 Å². The van der Waals surface area contributed by atoms with Gasteiger partial charge in [0.2, 0.25) is 5.78 Å². The Kier molecular flexibility index (Phi) is 5.98. The lowest BCUT2D eigenvalue weighted by molar-refractivity contribution is -0.143. The summed E-state index contributed by atoms with van der Waals surface area (Å²) in [6.07, 6.45) is 0. The number of hydrogen-bond acceptors (Lipinski definition) is 4. The number of para-hydroxylation sites is 3. The first-order valence-electron chi connectivity index (χ1n) is 11.5. The Bertz CT molecular complexity index is 1650. The van der Waals surface area contributed by atoms with Gasteiger partial charge < -0.3 is 13.9 Å². The summed E-state index contributed by atoms with van der Waals surface area (Å²) in [4.78, 5) is 38.6. The van der Waals surface area contributed by atoms with Crippen LogP contribution in [-0.2, 0) is 16.1 Å². The molecule has 0 amide bonds. The number of carbonyl (C=O) groups excluding carboxylic acids is 2. The van der Waals surface area contributed by atoms with Crippen LogP contribution in [0, 0.1) is 19.7 Å². The van der Waals surface area contributed by atoms with E-state index < -0.39 is 18.4 Å². The highest BCUT2D eigenvalue weighted by atomic mass is 19.1. The number of aryl methyl sites for hydroxylation is 1. The highest BCUT2D eigenvalue weighted by molar-refractivity contribution is 6.00. The number of benzene rings is 3. The van der Waals surface area contributed by atoms with E-state index in [4.69, 9.17) is 4.74 Å². The number of halogens is 1. The molecule has 0 unspecified atom stereocenters. The Balaban J connectivity index is 1.39. The van der Waals surface area contributed by atoms with Gasteiger partial charge in [0.15, 0.2) is 12.0 Å². The Morgan fingerprint density at radius 2 is 1.44 bits per heavy atom. The minimum absolute atomic E-state index is 0.105. The molecule has 2 heterocycles. The summed E-state index contributed by atoms with van der Waals surface area (Å²) in [5, 5.41) is 1.00. The first-order valence-corrected chi connectivity index (χ1v) is 11.5. The first-order chi connectivity index (χ1) is 17.4. The number of hydrogen-bond donors (Lipinski definition) is 0. The number of fused-ring (bicyclic) bond motifs is 2. The predicted molar refractivity (Wildman–Crippen MR) is 136 cm³/mol. The van der Waals surface area contributed by atoms with Crippen LogP contribution in [0.15, 0.2) is 83.7 Å². The Labute approximate surface area is 206 Å². The zero-order valence-corrected chi connectivity index (χ0v) is 19.8. The fraction of sp³-hybridized carbons (Fsp3) is 0.138. The number of esters is 1. The molecule has 0 aliphatic rings. The van der Waals surface area contributed by atoms with Gasteiger partial charge in [-0.2, -0.15) is 0 Å². The second kappa shape index (κ2) is 9.26. The van der Waals surface area contributed by atoms with Crippen LogP contribution in [0.4, 0.5) is 4.39 Å². The molecule has 0 saturated carbocycles. The first kappa shape index (κ1) is 23.2. The molecule has 0 N–H and O–H groups in total. The average molecular weight is 483 g/mol. The van der Waals surface area contributed by atoms with Gasteiger partial charge in [-0.3, -0.25) is 14.4 Å². The molecule has 0 saturated heterocycles. The van der Waals surface area contributed by atoms with E-state index in [2.05, 4.69) is 0 Å². The molecule has 5 rings (SSSR count). The maximum Gasteiger partial charge on any atom is 0.326 e. The van der Waals surface area contributed by atoms with Crippen molar-refractivity contribution in [1.82, 2.24) is 9.13 Å². The second-order valence-electron chi connectivity index (χ2n) is 8.61. The monoisotopic (exact) mass is 482 g/mol. The predicted octanol–water partition coefficient (Wildman–Crippen LogP) is 5.13. The van der Waals surface area contributed by atoms with Gasteiger partial charge >= 0.3 is 5.97 Å². The average Bonchev–Trinajstić information content (AvgIpc) is 3.19. The van der Waals surface area contributed by atoms with Crippen molar-refractivity contribution in [3.05, 3.63) is 112 Å². The topological polar surface area (TPSA) is 70.3 Å². The molecule has 6 nitrogen and oxygen atoms in total. The van der Waals surface area contributed by atoms with E-state index in [-0.39, 0.29) is 17.8 Å². The summed E-state index contributed by atoms with van der Waals surface area (Å²) in [7, 11) is 0. The third kappa shape index (κ3) is 3.98. The van der Waals surface area contributed by atoms with Crippen molar-refractivity contribution in [2.24, 2.45) is 0 Å². The quantitative estimate of drug-likeness (QED) is 0.191. The lowest BCUT2D eigenvalue weighted by atomic mass is 10.1. The molecule has 0 radical (unpaired) electrons. The van der Waals surface area contributed by atoms with Crippen molar-refractivity contribution in [3.8, 4) is 5.69 Å². The molecule has 3 aromatic carbocycles. The molecule has 180 valence electrons. The largest absolute Gasteiger partial charge is 0.456 e. The second-order valence-corrected chi connectivity index (χ2v) is 8.61. The molecule has 5 aromatic rings. The maximum atomic E-state index is 14.4. The van der Waals surface area contributed by atoms with E-state index in [0.717, 1.165) is 0 Å². The number of pyridine rings is 1. The molecule has 36 heavy (non-hydrogen) atoms. The van der Waals surface area contributed by atoms with E-state index in [1.807, 2.05) is 0 Å². The van der Waals surface area contributed by atoms with E-state index in [0.29, 0.717) is 44.4 Å². The molecular formula is C29H23FN2O4. The Morgan fingerprint density at radius 3 is 2.08 bits per heavy atom. The number of aromatic nitrogens is 2. The number of ketones is 1. The van der Waals surface area contributed by atoms with Crippen LogP contribution in [0.1, 0.15) is 21.7 Å². The van der Waals surface area contributed by atoms with E-state index in [9.17, 15) is 18.8 Å². The molecule has 0 atom stereocenters. The summed E-state index contributed by atoms with van der Waals surface area (Å²) in [6.45, 7) is 2.90. The number of carbonyl (C=O) groups is 2. The zero-order valence-electron chi connectivity index (χ0n) is 19.8. The summed E-state index contributed by atoms with van der Waals surface area (Å²) in [5.41, 5.74) is 3.08. The van der Waals surface area contributed by atoms with Crippen molar-refractivity contribution in [2.75, 3.05) is 6.61 Å². The SMILES string of the molecule is Cc1cc(C(=O)COC(=O)Cn2c3ccccc3c(=O)c3ccccc32)c(C)n1-c1ccccc1F. The summed E-state index contributed by atoms with van der Waals surface area (Å²) >= 11 is 0. The lowest BCUT2D eigenvalue weighted by Gasteiger charge is -2.14. The fourth-order valence-electron chi connectivity index (χ4n) is 4.69. The number of Topliss-reactive ketones (excluding diaryl/α,β-unsaturated/α-hetero) is 1. The van der Waals surface area contributed by atoms with Crippen LogP contribution >= 0.6 is 0 Å². The van der Waals surface area contributed by atoms with Gasteiger partial charge in [-0.05, 0) is 56.3 Å². The third-order valence-corrected chi connectivity index (χ3v) is 6.36. The summed E-state index contributed by atoms with van der Waals surface area (Å²) in [6, 6.07) is 22.2. The van der Waals surface area contributed by atoms with E-state index in [1.165, 1.54) is 6.07 Å². The normalized spacial score (nSPS) is 11.2. The Morgan fingerprint density at radius 1 is 0.861 bits per heavy atom. The molecule has 0 aliphatic carbocycles. The Hall–Kier alpha value is -4.52. The van der Waals surface area contributed by atoms with Gasteiger partial charge in [-0.15, -0.1) is 0 Å². The third-order valence-electron chi connectivity index (χ3n) is 6.36. The van der Waals surface area contributed by atoms with E-state index in [1.54, 1.807) is 95.8 Å². The van der Waals surface area contributed by atoms with Crippen LogP contribution in [0.25, 0.3) is 27.5 Å². The van der Waals surface area contributed by atoms with Gasteiger partial charge in [0.05, 0.1) is 16.7 Å². The lowest BCUT2D eigenvalue weighted by Crippen LogP contribution is -2.21. The number of rotatable bonds is 6.